The monoisotopic (exact) mass is 306 g/mol. The van der Waals surface area contributed by atoms with Gasteiger partial charge in [-0.25, -0.2) is 4.98 Å². The number of nitrogens with zero attached hydrogens (tertiary/aromatic N) is 2. The molecule has 21 heavy (non-hydrogen) atoms. The molecule has 0 atom stereocenters. The zero-order valence-corrected chi connectivity index (χ0v) is 14.3. The Morgan fingerprint density at radius 2 is 1.76 bits per heavy atom. The van der Waals surface area contributed by atoms with Gasteiger partial charge in [-0.05, 0) is 31.1 Å². The topological polar surface area (TPSA) is 33.2 Å². The van der Waals surface area contributed by atoms with Crippen molar-refractivity contribution in [1.29, 1.82) is 0 Å². The van der Waals surface area contributed by atoms with Gasteiger partial charge in [0.05, 0.1) is 10.6 Å². The van der Waals surface area contributed by atoms with Crippen LogP contribution in [0.1, 0.15) is 74.7 Å². The van der Waals surface area contributed by atoms with E-state index < -0.39 is 0 Å². The maximum atomic E-state index is 11.3. The molecule has 1 aromatic rings. The van der Waals surface area contributed by atoms with Gasteiger partial charge >= 0.3 is 0 Å². The van der Waals surface area contributed by atoms with Crippen LogP contribution < -0.4 is 4.90 Å². The molecule has 2 aliphatic rings. The maximum absolute atomic E-state index is 11.3. The Balaban J connectivity index is 1.76. The summed E-state index contributed by atoms with van der Waals surface area (Å²) in [5, 5.41) is 1.05. The van der Waals surface area contributed by atoms with E-state index in [0.717, 1.165) is 35.1 Å². The highest BCUT2D eigenvalue weighted by molar-refractivity contribution is 7.17. The zero-order chi connectivity index (χ0) is 15.1. The lowest BCUT2D eigenvalue weighted by Crippen LogP contribution is -2.38. The fourth-order valence-corrected chi connectivity index (χ4v) is 5.01. The van der Waals surface area contributed by atoms with E-state index in [1.165, 1.54) is 38.5 Å². The van der Waals surface area contributed by atoms with Crippen LogP contribution in [0.5, 0.6) is 0 Å². The maximum Gasteiger partial charge on any atom is 0.186 e. The summed E-state index contributed by atoms with van der Waals surface area (Å²) in [5.41, 5.74) is 1.53. The number of carbonyl (C=O) groups excluding carboxylic acids is 1. The molecular weight excluding hydrogens is 280 g/mol. The van der Waals surface area contributed by atoms with Crippen molar-refractivity contribution in [2.24, 2.45) is 5.41 Å². The van der Waals surface area contributed by atoms with Gasteiger partial charge in [0.2, 0.25) is 0 Å². The van der Waals surface area contributed by atoms with Gasteiger partial charge in [-0.1, -0.05) is 44.9 Å². The Bertz CT molecular complexity index is 513. The van der Waals surface area contributed by atoms with Crippen LogP contribution in [-0.4, -0.2) is 24.4 Å². The molecule has 0 radical (unpaired) electrons. The van der Waals surface area contributed by atoms with E-state index in [1.807, 2.05) is 0 Å². The number of aromatic nitrogens is 1. The molecular formula is C17H26N2OS. The third-order valence-corrected chi connectivity index (χ3v) is 6.26. The zero-order valence-electron chi connectivity index (χ0n) is 13.4. The standard InChI is InChI=1S/C17H26N2OS/c1-16(2,3)14-13(12-20)21-15(18-14)19-10-8-17(9-11-19)6-4-5-7-17/h12H,4-11H2,1-3H3. The highest BCUT2D eigenvalue weighted by Crippen LogP contribution is 2.47. The number of piperidine rings is 1. The summed E-state index contributed by atoms with van der Waals surface area (Å²) in [6.07, 6.45) is 9.25. The molecule has 1 saturated heterocycles. The summed E-state index contributed by atoms with van der Waals surface area (Å²) in [7, 11) is 0. The Morgan fingerprint density at radius 1 is 1.14 bits per heavy atom. The van der Waals surface area contributed by atoms with E-state index >= 15 is 0 Å². The summed E-state index contributed by atoms with van der Waals surface area (Å²) in [4.78, 5) is 19.3. The summed E-state index contributed by atoms with van der Waals surface area (Å²) in [6.45, 7) is 8.60. The van der Waals surface area contributed by atoms with Crippen LogP contribution >= 0.6 is 11.3 Å². The van der Waals surface area contributed by atoms with Gasteiger partial charge in [-0.3, -0.25) is 4.79 Å². The second-order valence-electron chi connectivity index (χ2n) is 7.77. The Morgan fingerprint density at radius 3 is 2.24 bits per heavy atom. The molecule has 1 aromatic heterocycles. The molecule has 1 spiro atoms. The second-order valence-corrected chi connectivity index (χ2v) is 8.78. The summed E-state index contributed by atoms with van der Waals surface area (Å²) in [5.74, 6) is 0. The molecule has 2 fully saturated rings. The normalized spacial score (nSPS) is 22.0. The van der Waals surface area contributed by atoms with Crippen LogP contribution in [0, 0.1) is 5.41 Å². The average molecular weight is 306 g/mol. The number of anilines is 1. The lowest BCUT2D eigenvalue weighted by molar-refractivity contribution is 0.112. The first-order valence-corrected chi connectivity index (χ1v) is 8.97. The van der Waals surface area contributed by atoms with Gasteiger partial charge < -0.3 is 4.90 Å². The molecule has 116 valence electrons. The molecule has 1 aliphatic carbocycles. The molecule has 2 heterocycles. The predicted molar refractivity (Wildman–Crippen MR) is 88.5 cm³/mol. The molecule has 0 N–H and O–H groups in total. The van der Waals surface area contributed by atoms with Crippen LogP contribution in [0.4, 0.5) is 5.13 Å². The van der Waals surface area contributed by atoms with Gasteiger partial charge in [0, 0.05) is 18.5 Å². The SMILES string of the molecule is CC(C)(C)c1nc(N2CCC3(CCCC3)CC2)sc1C=O. The lowest BCUT2D eigenvalue weighted by atomic mass is 9.77. The van der Waals surface area contributed by atoms with Crippen molar-refractivity contribution < 1.29 is 4.79 Å². The fourth-order valence-electron chi connectivity index (χ4n) is 3.87. The number of carbonyl (C=O) groups is 1. The van der Waals surface area contributed by atoms with Crippen molar-refractivity contribution in [2.45, 2.75) is 64.7 Å². The highest BCUT2D eigenvalue weighted by Gasteiger charge is 2.37. The Labute approximate surface area is 131 Å². The molecule has 3 nitrogen and oxygen atoms in total. The summed E-state index contributed by atoms with van der Waals surface area (Å²) >= 11 is 1.57. The first-order chi connectivity index (χ1) is 9.93. The third-order valence-electron chi connectivity index (χ3n) is 5.22. The smallest absolute Gasteiger partial charge is 0.186 e. The number of aldehydes is 1. The van der Waals surface area contributed by atoms with E-state index in [0.29, 0.717) is 5.41 Å². The Hall–Kier alpha value is -0.900. The fraction of sp³-hybridized carbons (Fsp3) is 0.765. The van der Waals surface area contributed by atoms with Gasteiger partial charge in [-0.15, -0.1) is 0 Å². The van der Waals surface area contributed by atoms with E-state index in [9.17, 15) is 4.79 Å². The van der Waals surface area contributed by atoms with Crippen LogP contribution in [0.15, 0.2) is 0 Å². The molecule has 1 saturated carbocycles. The first kappa shape index (κ1) is 15.0. The number of hydrogen-bond donors (Lipinski definition) is 0. The average Bonchev–Trinajstić information content (AvgIpc) is 3.06. The molecule has 0 unspecified atom stereocenters. The largest absolute Gasteiger partial charge is 0.348 e. The quantitative estimate of drug-likeness (QED) is 0.759. The number of thiazole rings is 1. The van der Waals surface area contributed by atoms with Crippen molar-refractivity contribution in [3.05, 3.63) is 10.6 Å². The number of hydrogen-bond acceptors (Lipinski definition) is 4. The highest BCUT2D eigenvalue weighted by atomic mass is 32.1. The van der Waals surface area contributed by atoms with Gasteiger partial charge in [-0.2, -0.15) is 0 Å². The van der Waals surface area contributed by atoms with E-state index in [2.05, 4.69) is 25.7 Å². The summed E-state index contributed by atoms with van der Waals surface area (Å²) in [6, 6.07) is 0. The molecule has 0 bridgehead atoms. The lowest BCUT2D eigenvalue weighted by Gasteiger charge is -2.39. The molecule has 3 rings (SSSR count). The minimum absolute atomic E-state index is 0.0620. The van der Waals surface area contributed by atoms with Crippen LogP contribution in [-0.2, 0) is 5.41 Å². The minimum Gasteiger partial charge on any atom is -0.348 e. The van der Waals surface area contributed by atoms with Gasteiger partial charge in [0.15, 0.2) is 11.4 Å². The van der Waals surface area contributed by atoms with Crippen molar-refractivity contribution in [1.82, 2.24) is 4.98 Å². The molecule has 0 aromatic carbocycles. The van der Waals surface area contributed by atoms with E-state index in [-0.39, 0.29) is 5.41 Å². The Kier molecular flexibility index (Phi) is 3.85. The first-order valence-electron chi connectivity index (χ1n) is 8.15. The van der Waals surface area contributed by atoms with Crippen LogP contribution in [0.3, 0.4) is 0 Å². The van der Waals surface area contributed by atoms with Crippen LogP contribution in [0.25, 0.3) is 0 Å². The molecule has 4 heteroatoms. The predicted octanol–water partition coefficient (Wildman–Crippen LogP) is 4.41. The molecule has 1 aliphatic heterocycles. The number of rotatable bonds is 2. The second kappa shape index (κ2) is 5.38. The van der Waals surface area contributed by atoms with E-state index in [4.69, 9.17) is 4.98 Å². The van der Waals surface area contributed by atoms with Gasteiger partial charge in [0.25, 0.3) is 0 Å². The summed E-state index contributed by atoms with van der Waals surface area (Å²) < 4.78 is 0. The van der Waals surface area contributed by atoms with Crippen molar-refractivity contribution in [2.75, 3.05) is 18.0 Å². The third kappa shape index (κ3) is 2.87. The minimum atomic E-state index is -0.0620. The van der Waals surface area contributed by atoms with Crippen molar-refractivity contribution >= 4 is 22.8 Å². The van der Waals surface area contributed by atoms with Crippen molar-refractivity contribution in [3.8, 4) is 0 Å². The van der Waals surface area contributed by atoms with Crippen molar-refractivity contribution in [3.63, 3.8) is 0 Å². The van der Waals surface area contributed by atoms with Crippen LogP contribution in [0.2, 0.25) is 0 Å². The van der Waals surface area contributed by atoms with Gasteiger partial charge in [0.1, 0.15) is 0 Å². The van der Waals surface area contributed by atoms with E-state index in [1.54, 1.807) is 11.3 Å². The molecule has 0 amide bonds.